The van der Waals surface area contributed by atoms with Crippen molar-refractivity contribution in [2.75, 3.05) is 0 Å². The van der Waals surface area contributed by atoms with Gasteiger partial charge in [0, 0.05) is 13.5 Å². The molecule has 0 spiro atoms. The minimum Gasteiger partial charge on any atom is -0.507 e. The number of amides is 1. The third-order valence-electron chi connectivity index (χ3n) is 3.75. The number of phenolic OH excluding ortho intramolecular Hbond substituents is 1. The Morgan fingerprint density at radius 3 is 2.69 bits per heavy atom. The SMILES string of the molecule is Cc1ncc(-c2cc(F)c(C(=O)NCc3ccc(C#N)cc3)cc2O)o1. The van der Waals surface area contributed by atoms with Crippen molar-refractivity contribution in [1.82, 2.24) is 10.3 Å². The molecule has 0 atom stereocenters. The van der Waals surface area contributed by atoms with Gasteiger partial charge in [-0.3, -0.25) is 4.79 Å². The van der Waals surface area contributed by atoms with E-state index in [0.29, 0.717) is 11.5 Å². The molecule has 0 aliphatic rings. The summed E-state index contributed by atoms with van der Waals surface area (Å²) in [5.41, 5.74) is 1.10. The highest BCUT2D eigenvalue weighted by atomic mass is 19.1. The van der Waals surface area contributed by atoms with Crippen LogP contribution in [0.5, 0.6) is 5.75 Å². The minimum absolute atomic E-state index is 0.117. The number of carbonyl (C=O) groups excluding carboxylic acids is 1. The van der Waals surface area contributed by atoms with Crippen LogP contribution in [0.4, 0.5) is 4.39 Å². The number of halogens is 1. The third kappa shape index (κ3) is 3.54. The number of nitriles is 1. The predicted octanol–water partition coefficient (Wildman–Crippen LogP) is 3.30. The lowest BCUT2D eigenvalue weighted by atomic mass is 10.1. The number of rotatable bonds is 4. The molecule has 130 valence electrons. The van der Waals surface area contributed by atoms with E-state index in [0.717, 1.165) is 17.7 Å². The minimum atomic E-state index is -0.788. The number of hydrogen-bond donors (Lipinski definition) is 2. The molecule has 0 radical (unpaired) electrons. The van der Waals surface area contributed by atoms with Crippen LogP contribution in [0, 0.1) is 24.1 Å². The molecule has 3 aromatic rings. The van der Waals surface area contributed by atoms with Gasteiger partial charge in [-0.2, -0.15) is 5.26 Å². The Morgan fingerprint density at radius 2 is 2.08 bits per heavy atom. The lowest BCUT2D eigenvalue weighted by molar-refractivity contribution is 0.0946. The van der Waals surface area contributed by atoms with E-state index in [1.165, 1.54) is 6.20 Å². The number of oxazole rings is 1. The molecule has 1 amide bonds. The second-order valence-electron chi connectivity index (χ2n) is 5.58. The highest BCUT2D eigenvalue weighted by molar-refractivity contribution is 5.95. The molecule has 0 aliphatic heterocycles. The van der Waals surface area contributed by atoms with E-state index in [1.54, 1.807) is 31.2 Å². The van der Waals surface area contributed by atoms with Crippen molar-refractivity contribution < 1.29 is 18.7 Å². The predicted molar refractivity (Wildman–Crippen MR) is 90.6 cm³/mol. The van der Waals surface area contributed by atoms with Gasteiger partial charge in [-0.15, -0.1) is 0 Å². The second-order valence-corrected chi connectivity index (χ2v) is 5.58. The number of nitrogens with zero attached hydrogens (tertiary/aromatic N) is 2. The number of phenols is 1. The largest absolute Gasteiger partial charge is 0.507 e. The quantitative estimate of drug-likeness (QED) is 0.751. The topological polar surface area (TPSA) is 99.2 Å². The molecule has 1 aromatic heterocycles. The summed E-state index contributed by atoms with van der Waals surface area (Å²) in [5.74, 6) is -1.15. The number of aromatic hydroxyl groups is 1. The van der Waals surface area contributed by atoms with Gasteiger partial charge in [0.2, 0.25) is 0 Å². The van der Waals surface area contributed by atoms with Crippen LogP contribution in [0.1, 0.15) is 27.4 Å². The molecule has 1 heterocycles. The van der Waals surface area contributed by atoms with Crippen LogP contribution < -0.4 is 5.32 Å². The number of aryl methyl sites for hydroxylation is 1. The van der Waals surface area contributed by atoms with Crippen molar-refractivity contribution in [2.24, 2.45) is 0 Å². The van der Waals surface area contributed by atoms with Gasteiger partial charge in [0.1, 0.15) is 11.6 Å². The summed E-state index contributed by atoms with van der Waals surface area (Å²) in [6.45, 7) is 1.79. The molecule has 3 rings (SSSR count). The summed E-state index contributed by atoms with van der Waals surface area (Å²) in [6.07, 6.45) is 1.37. The fourth-order valence-electron chi connectivity index (χ4n) is 2.39. The Bertz CT molecular complexity index is 1000. The smallest absolute Gasteiger partial charge is 0.254 e. The number of benzene rings is 2. The van der Waals surface area contributed by atoms with E-state index in [2.05, 4.69) is 10.3 Å². The average Bonchev–Trinajstić information content (AvgIpc) is 3.07. The maximum atomic E-state index is 14.3. The van der Waals surface area contributed by atoms with Crippen LogP contribution in [0.15, 0.2) is 47.0 Å². The third-order valence-corrected chi connectivity index (χ3v) is 3.75. The lowest BCUT2D eigenvalue weighted by Gasteiger charge is -2.09. The first-order valence-corrected chi connectivity index (χ1v) is 7.70. The Kier molecular flexibility index (Phi) is 4.67. The van der Waals surface area contributed by atoms with Crippen molar-refractivity contribution in [3.8, 4) is 23.1 Å². The Balaban J connectivity index is 1.77. The molecular formula is C19H14FN3O3. The van der Waals surface area contributed by atoms with Crippen LogP contribution in [-0.2, 0) is 6.54 Å². The molecule has 0 bridgehead atoms. The molecule has 26 heavy (non-hydrogen) atoms. The van der Waals surface area contributed by atoms with Crippen LogP contribution in [0.2, 0.25) is 0 Å². The number of aromatic nitrogens is 1. The Hall–Kier alpha value is -3.66. The highest BCUT2D eigenvalue weighted by Crippen LogP contribution is 2.32. The molecule has 0 saturated carbocycles. The van der Waals surface area contributed by atoms with E-state index in [1.807, 2.05) is 6.07 Å². The highest BCUT2D eigenvalue weighted by Gasteiger charge is 2.18. The maximum Gasteiger partial charge on any atom is 0.254 e. The van der Waals surface area contributed by atoms with Crippen LogP contribution in [-0.4, -0.2) is 16.0 Å². The second kappa shape index (κ2) is 7.07. The van der Waals surface area contributed by atoms with Gasteiger partial charge in [0.15, 0.2) is 11.7 Å². The normalized spacial score (nSPS) is 10.3. The standard InChI is InChI=1S/C19H14FN3O3/c1-11-22-10-18(26-11)15-6-16(20)14(7-17(15)24)19(25)23-9-13-4-2-12(8-21)3-5-13/h2-7,10,24H,9H2,1H3,(H,23,25). The van der Waals surface area contributed by atoms with Crippen LogP contribution >= 0.6 is 0 Å². The summed E-state index contributed by atoms with van der Waals surface area (Å²) in [7, 11) is 0. The zero-order valence-electron chi connectivity index (χ0n) is 13.8. The van der Waals surface area contributed by atoms with Gasteiger partial charge in [-0.1, -0.05) is 12.1 Å². The lowest BCUT2D eigenvalue weighted by Crippen LogP contribution is -2.23. The van der Waals surface area contributed by atoms with Gasteiger partial charge in [0.05, 0.1) is 29.0 Å². The zero-order chi connectivity index (χ0) is 18.7. The molecular weight excluding hydrogens is 337 g/mol. The number of carbonyl (C=O) groups is 1. The first kappa shape index (κ1) is 17.2. The fraction of sp³-hybridized carbons (Fsp3) is 0.105. The molecule has 0 saturated heterocycles. The summed E-state index contributed by atoms with van der Waals surface area (Å²) in [4.78, 5) is 16.1. The van der Waals surface area contributed by atoms with Crippen LogP contribution in [0.3, 0.4) is 0 Å². The Labute approximate surface area is 148 Å². The number of nitrogens with one attached hydrogen (secondary N) is 1. The van der Waals surface area contributed by atoms with E-state index < -0.39 is 11.7 Å². The summed E-state index contributed by atoms with van der Waals surface area (Å²) in [6, 6.07) is 10.7. The molecule has 7 heteroatoms. The molecule has 0 aliphatic carbocycles. The van der Waals surface area contributed by atoms with E-state index >= 15 is 0 Å². The van der Waals surface area contributed by atoms with E-state index in [4.69, 9.17) is 9.68 Å². The van der Waals surface area contributed by atoms with Crippen molar-refractivity contribution in [3.63, 3.8) is 0 Å². The summed E-state index contributed by atoms with van der Waals surface area (Å²) >= 11 is 0. The Morgan fingerprint density at radius 1 is 1.35 bits per heavy atom. The van der Waals surface area contributed by atoms with Crippen molar-refractivity contribution in [3.05, 3.63) is 71.0 Å². The first-order chi connectivity index (χ1) is 12.5. The van der Waals surface area contributed by atoms with Crippen molar-refractivity contribution >= 4 is 5.91 Å². The molecule has 0 fully saturated rings. The summed E-state index contributed by atoms with van der Waals surface area (Å²) < 4.78 is 19.6. The van der Waals surface area contributed by atoms with Gasteiger partial charge < -0.3 is 14.8 Å². The molecule has 2 aromatic carbocycles. The molecule has 2 N–H and O–H groups in total. The van der Waals surface area contributed by atoms with Crippen LogP contribution in [0.25, 0.3) is 11.3 Å². The monoisotopic (exact) mass is 351 g/mol. The first-order valence-electron chi connectivity index (χ1n) is 7.70. The maximum absolute atomic E-state index is 14.3. The molecule has 0 unspecified atom stereocenters. The van der Waals surface area contributed by atoms with Gasteiger partial charge >= 0.3 is 0 Å². The fourth-order valence-corrected chi connectivity index (χ4v) is 2.39. The van der Waals surface area contributed by atoms with E-state index in [9.17, 15) is 14.3 Å². The average molecular weight is 351 g/mol. The van der Waals surface area contributed by atoms with E-state index in [-0.39, 0.29) is 29.2 Å². The van der Waals surface area contributed by atoms with Gasteiger partial charge in [-0.05, 0) is 29.8 Å². The van der Waals surface area contributed by atoms with Gasteiger partial charge in [0.25, 0.3) is 5.91 Å². The van der Waals surface area contributed by atoms with Gasteiger partial charge in [-0.25, -0.2) is 9.37 Å². The zero-order valence-corrected chi connectivity index (χ0v) is 13.8. The number of hydrogen-bond acceptors (Lipinski definition) is 5. The van der Waals surface area contributed by atoms with Crippen molar-refractivity contribution in [2.45, 2.75) is 13.5 Å². The van der Waals surface area contributed by atoms with Crippen molar-refractivity contribution in [1.29, 1.82) is 5.26 Å². The summed E-state index contributed by atoms with van der Waals surface area (Å²) in [5, 5.41) is 21.4. The molecule has 6 nitrogen and oxygen atoms in total.